The van der Waals surface area contributed by atoms with E-state index in [4.69, 9.17) is 4.84 Å². The maximum atomic E-state index is 12.2. The Kier molecular flexibility index (Phi) is 4.20. The monoisotopic (exact) mass is 297 g/mol. The average molecular weight is 297 g/mol. The zero-order valence-corrected chi connectivity index (χ0v) is 12.5. The number of rotatable bonds is 5. The van der Waals surface area contributed by atoms with Crippen LogP contribution < -0.4 is 15.9 Å². The standard InChI is InChI=1S/C17H19N3O2/c1-17(19-18-13-14-8-4-2-5-9-14)12-16(21)20(22-17)15-10-6-3-7-11-15/h2-11,18-19H,12-13H2,1H3/t17-/m1/s1. The molecule has 1 fully saturated rings. The van der Waals surface area contributed by atoms with Crippen molar-refractivity contribution in [3.05, 3.63) is 66.2 Å². The van der Waals surface area contributed by atoms with Crippen molar-refractivity contribution in [2.75, 3.05) is 5.06 Å². The molecule has 2 N–H and O–H groups in total. The molecule has 1 aliphatic heterocycles. The van der Waals surface area contributed by atoms with Crippen LogP contribution in [0.2, 0.25) is 0 Å². The number of hydrazine groups is 1. The van der Waals surface area contributed by atoms with Crippen LogP contribution >= 0.6 is 0 Å². The largest absolute Gasteiger partial charge is 0.272 e. The van der Waals surface area contributed by atoms with Crippen LogP contribution in [0.15, 0.2) is 60.7 Å². The quantitative estimate of drug-likeness (QED) is 0.832. The molecule has 1 atom stereocenters. The molecule has 5 heteroatoms. The van der Waals surface area contributed by atoms with Crippen LogP contribution in [0.5, 0.6) is 0 Å². The average Bonchev–Trinajstić information content (AvgIpc) is 2.84. The topological polar surface area (TPSA) is 53.6 Å². The predicted molar refractivity (Wildman–Crippen MR) is 84.5 cm³/mol. The summed E-state index contributed by atoms with van der Waals surface area (Å²) < 4.78 is 0. The lowest BCUT2D eigenvalue weighted by atomic mass is 10.2. The lowest BCUT2D eigenvalue weighted by molar-refractivity contribution is -0.119. The SMILES string of the molecule is C[C@]1(NNCc2ccccc2)CC(=O)N(c2ccccc2)O1. The lowest BCUT2D eigenvalue weighted by Gasteiger charge is -2.25. The Labute approximate surface area is 129 Å². The van der Waals surface area contributed by atoms with E-state index in [0.29, 0.717) is 6.54 Å². The number of hydrogen-bond donors (Lipinski definition) is 2. The number of para-hydroxylation sites is 1. The minimum atomic E-state index is -0.762. The molecule has 5 nitrogen and oxygen atoms in total. The van der Waals surface area contributed by atoms with Crippen molar-refractivity contribution in [1.29, 1.82) is 0 Å². The summed E-state index contributed by atoms with van der Waals surface area (Å²) in [6, 6.07) is 19.4. The second-order valence-electron chi connectivity index (χ2n) is 5.49. The minimum Gasteiger partial charge on any atom is -0.272 e. The zero-order chi connectivity index (χ0) is 15.4. The highest BCUT2D eigenvalue weighted by Crippen LogP contribution is 2.28. The van der Waals surface area contributed by atoms with Crippen molar-refractivity contribution in [3.63, 3.8) is 0 Å². The molecule has 0 spiro atoms. The molecule has 0 unspecified atom stereocenters. The Bertz CT molecular complexity index is 633. The molecule has 0 aliphatic carbocycles. The van der Waals surface area contributed by atoms with E-state index < -0.39 is 5.72 Å². The minimum absolute atomic E-state index is 0.0669. The highest BCUT2D eigenvalue weighted by Gasteiger charge is 2.41. The third-order valence-corrected chi connectivity index (χ3v) is 3.49. The van der Waals surface area contributed by atoms with E-state index in [1.54, 1.807) is 0 Å². The molecule has 1 saturated heterocycles. The molecule has 0 radical (unpaired) electrons. The van der Waals surface area contributed by atoms with Crippen molar-refractivity contribution in [2.24, 2.45) is 0 Å². The molecule has 3 rings (SSSR count). The Hall–Kier alpha value is -2.21. The Morgan fingerprint density at radius 3 is 2.41 bits per heavy atom. The number of nitrogens with zero attached hydrogens (tertiary/aromatic N) is 1. The van der Waals surface area contributed by atoms with Crippen LogP contribution in [0, 0.1) is 0 Å². The summed E-state index contributed by atoms with van der Waals surface area (Å²) in [4.78, 5) is 18.0. The fourth-order valence-electron chi connectivity index (χ4n) is 2.40. The summed E-state index contributed by atoms with van der Waals surface area (Å²) >= 11 is 0. The second kappa shape index (κ2) is 6.27. The molecule has 1 amide bonds. The van der Waals surface area contributed by atoms with Gasteiger partial charge < -0.3 is 0 Å². The van der Waals surface area contributed by atoms with E-state index in [2.05, 4.69) is 10.9 Å². The van der Waals surface area contributed by atoms with E-state index in [1.807, 2.05) is 67.6 Å². The summed E-state index contributed by atoms with van der Waals surface area (Å²) in [6.07, 6.45) is 0.268. The molecule has 114 valence electrons. The van der Waals surface area contributed by atoms with Crippen LogP contribution in [0.1, 0.15) is 18.9 Å². The molecule has 1 heterocycles. The molecule has 2 aromatic carbocycles. The second-order valence-corrected chi connectivity index (χ2v) is 5.49. The van der Waals surface area contributed by atoms with Crippen LogP contribution in [0.4, 0.5) is 5.69 Å². The maximum Gasteiger partial charge on any atom is 0.255 e. The third kappa shape index (κ3) is 3.33. The summed E-state index contributed by atoms with van der Waals surface area (Å²) in [5.74, 6) is -0.0669. The fraction of sp³-hybridized carbons (Fsp3) is 0.235. The van der Waals surface area contributed by atoms with Crippen molar-refractivity contribution < 1.29 is 9.63 Å². The molecule has 0 saturated carbocycles. The smallest absolute Gasteiger partial charge is 0.255 e. The van der Waals surface area contributed by atoms with E-state index in [-0.39, 0.29) is 12.3 Å². The molecule has 2 aromatic rings. The maximum absolute atomic E-state index is 12.2. The van der Waals surface area contributed by atoms with Crippen molar-refractivity contribution in [3.8, 4) is 0 Å². The van der Waals surface area contributed by atoms with Gasteiger partial charge in [-0.1, -0.05) is 48.5 Å². The van der Waals surface area contributed by atoms with Crippen LogP contribution in [0.3, 0.4) is 0 Å². The summed E-state index contributed by atoms with van der Waals surface area (Å²) in [6.45, 7) is 2.51. The van der Waals surface area contributed by atoms with Gasteiger partial charge in [0.25, 0.3) is 5.91 Å². The Balaban J connectivity index is 1.59. The van der Waals surface area contributed by atoms with Crippen molar-refractivity contribution in [1.82, 2.24) is 10.9 Å². The molecular formula is C17H19N3O2. The first-order valence-corrected chi connectivity index (χ1v) is 7.27. The normalized spacial score (nSPS) is 21.3. The molecule has 1 aliphatic rings. The lowest BCUT2D eigenvalue weighted by Crippen LogP contribution is -2.50. The van der Waals surface area contributed by atoms with E-state index >= 15 is 0 Å². The molecule has 0 bridgehead atoms. The van der Waals surface area contributed by atoms with Gasteiger partial charge in [-0.25, -0.2) is 10.3 Å². The number of amides is 1. The van der Waals surface area contributed by atoms with Gasteiger partial charge in [0.2, 0.25) is 0 Å². The number of hydrogen-bond acceptors (Lipinski definition) is 4. The van der Waals surface area contributed by atoms with Gasteiger partial charge in [0.1, 0.15) is 0 Å². The first-order valence-electron chi connectivity index (χ1n) is 7.27. The van der Waals surface area contributed by atoms with E-state index in [9.17, 15) is 4.79 Å². The summed E-state index contributed by atoms with van der Waals surface area (Å²) in [5, 5.41) is 1.34. The fourth-order valence-corrected chi connectivity index (χ4v) is 2.40. The van der Waals surface area contributed by atoms with Gasteiger partial charge in [-0.15, -0.1) is 0 Å². The Morgan fingerprint density at radius 1 is 1.09 bits per heavy atom. The van der Waals surface area contributed by atoms with Crippen LogP contribution in [-0.2, 0) is 16.2 Å². The first-order chi connectivity index (χ1) is 10.7. The number of carbonyl (C=O) groups excluding carboxylic acids is 1. The summed E-state index contributed by atoms with van der Waals surface area (Å²) in [5.41, 5.74) is 7.36. The zero-order valence-electron chi connectivity index (χ0n) is 12.5. The van der Waals surface area contributed by atoms with Gasteiger partial charge >= 0.3 is 0 Å². The van der Waals surface area contributed by atoms with Gasteiger partial charge in [0, 0.05) is 6.54 Å². The van der Waals surface area contributed by atoms with Gasteiger partial charge in [0.15, 0.2) is 5.72 Å². The van der Waals surface area contributed by atoms with Gasteiger partial charge in [0.05, 0.1) is 12.1 Å². The van der Waals surface area contributed by atoms with Gasteiger partial charge in [-0.3, -0.25) is 10.2 Å². The van der Waals surface area contributed by atoms with Crippen LogP contribution in [-0.4, -0.2) is 11.6 Å². The highest BCUT2D eigenvalue weighted by atomic mass is 16.7. The first kappa shape index (κ1) is 14.7. The van der Waals surface area contributed by atoms with Crippen molar-refractivity contribution >= 4 is 11.6 Å². The molecule has 0 aromatic heterocycles. The van der Waals surface area contributed by atoms with Gasteiger partial charge in [-0.05, 0) is 24.6 Å². The van der Waals surface area contributed by atoms with Crippen molar-refractivity contribution in [2.45, 2.75) is 25.6 Å². The van der Waals surface area contributed by atoms with E-state index in [0.717, 1.165) is 11.3 Å². The number of nitrogens with one attached hydrogen (secondary N) is 2. The summed E-state index contributed by atoms with van der Waals surface area (Å²) in [7, 11) is 0. The van der Waals surface area contributed by atoms with Gasteiger partial charge in [-0.2, -0.15) is 5.06 Å². The number of carbonyl (C=O) groups is 1. The third-order valence-electron chi connectivity index (χ3n) is 3.49. The Morgan fingerprint density at radius 2 is 1.73 bits per heavy atom. The predicted octanol–water partition coefficient (Wildman–Crippen LogP) is 2.37. The molecule has 22 heavy (non-hydrogen) atoms. The highest BCUT2D eigenvalue weighted by molar-refractivity contribution is 5.93. The number of hydroxylamine groups is 1. The molecular weight excluding hydrogens is 278 g/mol. The van der Waals surface area contributed by atoms with Crippen LogP contribution in [0.25, 0.3) is 0 Å². The number of anilines is 1. The van der Waals surface area contributed by atoms with E-state index in [1.165, 1.54) is 5.06 Å². The number of benzene rings is 2.